The van der Waals surface area contributed by atoms with Crippen LogP contribution in [0.5, 0.6) is 0 Å². The Hall–Kier alpha value is -2.59. The SMILES string of the molecule is CCCCCN1CCC(c2c(N)oc3ccc(C(=O)CCCCc4ccccc4)cc23)CC1. The molecule has 1 aliphatic rings. The first-order valence-corrected chi connectivity index (χ1v) is 12.8. The molecule has 2 heterocycles. The van der Waals surface area contributed by atoms with Crippen LogP contribution in [0, 0.1) is 0 Å². The van der Waals surface area contributed by atoms with Gasteiger partial charge >= 0.3 is 0 Å². The van der Waals surface area contributed by atoms with Gasteiger partial charge in [0, 0.05) is 22.9 Å². The molecule has 0 atom stereocenters. The Kier molecular flexibility index (Phi) is 8.22. The summed E-state index contributed by atoms with van der Waals surface area (Å²) in [5.74, 6) is 1.15. The number of nitrogen functional groups attached to an aromatic ring is 1. The van der Waals surface area contributed by atoms with Crippen LogP contribution in [0.2, 0.25) is 0 Å². The molecular formula is C29H38N2O2. The number of furan rings is 1. The van der Waals surface area contributed by atoms with Crippen LogP contribution >= 0.6 is 0 Å². The van der Waals surface area contributed by atoms with Crippen molar-refractivity contribution in [2.24, 2.45) is 0 Å². The molecule has 1 aromatic heterocycles. The monoisotopic (exact) mass is 446 g/mol. The number of nitrogens with zero attached hydrogens (tertiary/aromatic N) is 1. The first-order chi connectivity index (χ1) is 16.2. The maximum atomic E-state index is 12.9. The number of piperidine rings is 1. The second-order valence-corrected chi connectivity index (χ2v) is 9.53. The number of hydrogen-bond donors (Lipinski definition) is 1. The largest absolute Gasteiger partial charge is 0.441 e. The molecule has 0 unspecified atom stereocenters. The number of carbonyl (C=O) groups is 1. The van der Waals surface area contributed by atoms with Gasteiger partial charge in [0.2, 0.25) is 0 Å². The minimum absolute atomic E-state index is 0.210. The van der Waals surface area contributed by atoms with Gasteiger partial charge in [0.1, 0.15) is 5.58 Å². The number of anilines is 1. The lowest BCUT2D eigenvalue weighted by Crippen LogP contribution is -2.33. The Morgan fingerprint density at radius 3 is 2.58 bits per heavy atom. The van der Waals surface area contributed by atoms with Crippen molar-refractivity contribution in [3.63, 3.8) is 0 Å². The molecule has 0 amide bonds. The smallest absolute Gasteiger partial charge is 0.195 e. The Morgan fingerprint density at radius 2 is 1.82 bits per heavy atom. The van der Waals surface area contributed by atoms with Gasteiger partial charge in [-0.3, -0.25) is 4.79 Å². The van der Waals surface area contributed by atoms with Crippen LogP contribution in [0.25, 0.3) is 11.0 Å². The predicted molar refractivity (Wildman–Crippen MR) is 137 cm³/mol. The third-order valence-corrected chi connectivity index (χ3v) is 7.11. The minimum atomic E-state index is 0.210. The molecule has 1 aliphatic heterocycles. The number of Topliss-reactive ketones (excluding diaryl/α,β-unsaturated/α-hetero) is 1. The van der Waals surface area contributed by atoms with Gasteiger partial charge in [0.15, 0.2) is 11.7 Å². The fourth-order valence-electron chi connectivity index (χ4n) is 5.16. The average molecular weight is 447 g/mol. The third-order valence-electron chi connectivity index (χ3n) is 7.11. The highest BCUT2D eigenvalue weighted by atomic mass is 16.3. The average Bonchev–Trinajstić information content (AvgIpc) is 3.18. The normalized spacial score (nSPS) is 15.3. The summed E-state index contributed by atoms with van der Waals surface area (Å²) in [6, 6.07) is 16.3. The van der Waals surface area contributed by atoms with E-state index in [1.807, 2.05) is 24.3 Å². The minimum Gasteiger partial charge on any atom is -0.441 e. The number of rotatable bonds is 11. The van der Waals surface area contributed by atoms with E-state index < -0.39 is 0 Å². The van der Waals surface area contributed by atoms with Gasteiger partial charge in [-0.05, 0) is 87.8 Å². The molecule has 33 heavy (non-hydrogen) atoms. The summed E-state index contributed by atoms with van der Waals surface area (Å²) in [4.78, 5) is 15.5. The zero-order valence-electron chi connectivity index (χ0n) is 20.0. The quantitative estimate of drug-likeness (QED) is 0.255. The number of carbonyl (C=O) groups excluding carboxylic acids is 1. The molecule has 0 radical (unpaired) electrons. The van der Waals surface area contributed by atoms with E-state index in [2.05, 4.69) is 36.1 Å². The molecule has 1 saturated heterocycles. The standard InChI is InChI=1S/C29H38N2O2/c1-2-3-9-18-31-19-16-23(17-20-31)28-25-21-24(14-15-27(25)33-29(28)30)26(32)13-8-7-12-22-10-5-4-6-11-22/h4-6,10-11,14-15,21,23H,2-3,7-9,12-13,16-20,30H2,1H3. The van der Waals surface area contributed by atoms with Crippen LogP contribution in [-0.4, -0.2) is 30.3 Å². The Balaban J connectivity index is 1.37. The van der Waals surface area contributed by atoms with E-state index >= 15 is 0 Å². The number of fused-ring (bicyclic) bond motifs is 1. The maximum Gasteiger partial charge on any atom is 0.195 e. The van der Waals surface area contributed by atoms with E-state index in [0.717, 1.165) is 67.3 Å². The summed E-state index contributed by atoms with van der Waals surface area (Å²) >= 11 is 0. The highest BCUT2D eigenvalue weighted by molar-refractivity contribution is 6.00. The van der Waals surface area contributed by atoms with Gasteiger partial charge in [0.05, 0.1) is 0 Å². The van der Waals surface area contributed by atoms with Gasteiger partial charge < -0.3 is 15.1 Å². The molecule has 4 rings (SSSR count). The second-order valence-electron chi connectivity index (χ2n) is 9.53. The zero-order valence-corrected chi connectivity index (χ0v) is 20.0. The summed E-state index contributed by atoms with van der Waals surface area (Å²) in [6.07, 6.45) is 9.59. The number of benzene rings is 2. The summed E-state index contributed by atoms with van der Waals surface area (Å²) in [5, 5.41) is 1.03. The second kappa shape index (κ2) is 11.5. The van der Waals surface area contributed by atoms with Crippen LogP contribution in [-0.2, 0) is 6.42 Å². The molecule has 2 N–H and O–H groups in total. The molecule has 4 heteroatoms. The van der Waals surface area contributed by atoms with Crippen molar-refractivity contribution in [1.82, 2.24) is 4.90 Å². The number of aryl methyl sites for hydroxylation is 1. The predicted octanol–water partition coefficient (Wildman–Crippen LogP) is 6.98. The molecule has 176 valence electrons. The topological polar surface area (TPSA) is 59.5 Å². The van der Waals surface area contributed by atoms with E-state index in [-0.39, 0.29) is 5.78 Å². The van der Waals surface area contributed by atoms with Crippen LogP contribution in [0.15, 0.2) is 52.9 Å². The number of unbranched alkanes of at least 4 members (excludes halogenated alkanes) is 3. The van der Waals surface area contributed by atoms with Crippen LogP contribution in [0.3, 0.4) is 0 Å². The van der Waals surface area contributed by atoms with Crippen molar-refractivity contribution in [3.05, 3.63) is 65.2 Å². The van der Waals surface area contributed by atoms with Gasteiger partial charge in [-0.2, -0.15) is 0 Å². The molecule has 0 aliphatic carbocycles. The van der Waals surface area contributed by atoms with E-state index in [9.17, 15) is 4.79 Å². The van der Waals surface area contributed by atoms with Gasteiger partial charge in [-0.1, -0.05) is 50.1 Å². The lowest BCUT2D eigenvalue weighted by atomic mass is 9.88. The van der Waals surface area contributed by atoms with E-state index in [4.69, 9.17) is 10.2 Å². The molecule has 3 aromatic rings. The van der Waals surface area contributed by atoms with Gasteiger partial charge in [-0.25, -0.2) is 0 Å². The molecule has 0 bridgehead atoms. The van der Waals surface area contributed by atoms with E-state index in [1.54, 1.807) is 0 Å². The fourth-order valence-corrected chi connectivity index (χ4v) is 5.16. The number of likely N-dealkylation sites (tertiary alicyclic amines) is 1. The van der Waals surface area contributed by atoms with Crippen molar-refractivity contribution in [2.75, 3.05) is 25.4 Å². The molecule has 4 nitrogen and oxygen atoms in total. The van der Waals surface area contributed by atoms with E-state index in [0.29, 0.717) is 18.2 Å². The van der Waals surface area contributed by atoms with Crippen LogP contribution in [0.1, 0.15) is 85.7 Å². The first-order valence-electron chi connectivity index (χ1n) is 12.8. The summed E-state index contributed by atoms with van der Waals surface area (Å²) in [5.41, 5.74) is 10.4. The summed E-state index contributed by atoms with van der Waals surface area (Å²) < 4.78 is 5.89. The molecular weight excluding hydrogens is 408 g/mol. The Morgan fingerprint density at radius 1 is 1.03 bits per heavy atom. The van der Waals surface area contributed by atoms with Crippen molar-refractivity contribution in [2.45, 2.75) is 70.6 Å². The van der Waals surface area contributed by atoms with Crippen molar-refractivity contribution < 1.29 is 9.21 Å². The van der Waals surface area contributed by atoms with Gasteiger partial charge in [-0.15, -0.1) is 0 Å². The number of nitrogens with two attached hydrogens (primary N) is 1. The zero-order chi connectivity index (χ0) is 23.0. The lowest BCUT2D eigenvalue weighted by molar-refractivity contribution is 0.0979. The number of ketones is 1. The third kappa shape index (κ3) is 6.05. The lowest BCUT2D eigenvalue weighted by Gasteiger charge is -2.32. The highest BCUT2D eigenvalue weighted by Gasteiger charge is 2.26. The van der Waals surface area contributed by atoms with E-state index in [1.165, 1.54) is 31.4 Å². The number of hydrogen-bond acceptors (Lipinski definition) is 4. The molecule has 0 spiro atoms. The summed E-state index contributed by atoms with van der Waals surface area (Å²) in [6.45, 7) is 5.68. The van der Waals surface area contributed by atoms with Crippen molar-refractivity contribution in [3.8, 4) is 0 Å². The van der Waals surface area contributed by atoms with Crippen LogP contribution < -0.4 is 5.73 Å². The molecule has 1 fully saturated rings. The van der Waals surface area contributed by atoms with Crippen molar-refractivity contribution >= 4 is 22.6 Å². The van der Waals surface area contributed by atoms with Crippen molar-refractivity contribution in [1.29, 1.82) is 0 Å². The molecule has 0 saturated carbocycles. The maximum absolute atomic E-state index is 12.9. The first kappa shape index (κ1) is 23.6. The fraction of sp³-hybridized carbons (Fsp3) is 0.483. The Labute approximate surface area is 198 Å². The Bertz CT molecular complexity index is 1030. The summed E-state index contributed by atoms with van der Waals surface area (Å²) in [7, 11) is 0. The molecule has 2 aromatic carbocycles. The van der Waals surface area contributed by atoms with Crippen LogP contribution in [0.4, 0.5) is 5.88 Å². The van der Waals surface area contributed by atoms with Gasteiger partial charge in [0.25, 0.3) is 0 Å². The highest BCUT2D eigenvalue weighted by Crippen LogP contribution is 2.39.